The summed E-state index contributed by atoms with van der Waals surface area (Å²) in [6, 6.07) is 8.16. The van der Waals surface area contributed by atoms with Crippen LogP contribution in [0.2, 0.25) is 0 Å². The van der Waals surface area contributed by atoms with Gasteiger partial charge in [-0.3, -0.25) is 14.4 Å². The summed E-state index contributed by atoms with van der Waals surface area (Å²) in [6.45, 7) is 3.58. The lowest BCUT2D eigenvalue weighted by Gasteiger charge is -2.20. The summed E-state index contributed by atoms with van der Waals surface area (Å²) in [6.07, 6.45) is 7.22. The van der Waals surface area contributed by atoms with Crippen LogP contribution in [0.3, 0.4) is 0 Å². The molecule has 2 N–H and O–H groups in total. The van der Waals surface area contributed by atoms with Crippen molar-refractivity contribution in [1.29, 1.82) is 0 Å². The Balaban J connectivity index is 1.48. The quantitative estimate of drug-likeness (QED) is 0.784. The van der Waals surface area contributed by atoms with E-state index >= 15 is 0 Å². The van der Waals surface area contributed by atoms with Crippen molar-refractivity contribution in [3.8, 4) is 0 Å². The molecule has 0 aliphatic carbocycles. The average molecular weight is 397 g/mol. The van der Waals surface area contributed by atoms with Crippen molar-refractivity contribution in [2.24, 2.45) is 0 Å². The minimum atomic E-state index is -0.679. The van der Waals surface area contributed by atoms with Crippen LogP contribution in [-0.2, 0) is 11.3 Å². The lowest BCUT2D eigenvalue weighted by Crippen LogP contribution is -2.44. The van der Waals surface area contributed by atoms with E-state index in [-0.39, 0.29) is 17.7 Å². The average Bonchev–Trinajstić information content (AvgIpc) is 3.14. The molecule has 3 amide bonds. The molecule has 1 fully saturated rings. The van der Waals surface area contributed by atoms with Gasteiger partial charge < -0.3 is 20.0 Å². The van der Waals surface area contributed by atoms with Gasteiger partial charge in [0.2, 0.25) is 5.91 Å². The highest BCUT2D eigenvalue weighted by molar-refractivity contribution is 5.97. The number of nitrogens with one attached hydrogen (secondary N) is 2. The minimum absolute atomic E-state index is 0.0677. The largest absolute Gasteiger partial charge is 0.472 e. The molecule has 2 heterocycles. The molecule has 1 atom stereocenters. The Bertz CT molecular complexity index is 822. The van der Waals surface area contributed by atoms with E-state index in [1.54, 1.807) is 19.1 Å². The third kappa shape index (κ3) is 5.70. The molecule has 0 bridgehead atoms. The second-order valence-corrected chi connectivity index (χ2v) is 7.33. The number of furan rings is 1. The van der Waals surface area contributed by atoms with Gasteiger partial charge >= 0.3 is 0 Å². The fourth-order valence-electron chi connectivity index (χ4n) is 3.30. The van der Waals surface area contributed by atoms with Crippen molar-refractivity contribution in [3.05, 3.63) is 59.5 Å². The van der Waals surface area contributed by atoms with Crippen LogP contribution in [-0.4, -0.2) is 41.8 Å². The second-order valence-electron chi connectivity index (χ2n) is 7.33. The number of likely N-dealkylation sites (tertiary alicyclic amines) is 1. The van der Waals surface area contributed by atoms with Crippen LogP contribution in [0.25, 0.3) is 0 Å². The van der Waals surface area contributed by atoms with Gasteiger partial charge in [-0.25, -0.2) is 0 Å². The Hall–Kier alpha value is -3.09. The molecule has 7 heteroatoms. The number of rotatable bonds is 6. The van der Waals surface area contributed by atoms with Crippen molar-refractivity contribution in [2.45, 2.75) is 45.2 Å². The molecule has 0 spiro atoms. The van der Waals surface area contributed by atoms with E-state index in [0.717, 1.165) is 31.5 Å². The molecule has 1 aromatic carbocycles. The summed E-state index contributed by atoms with van der Waals surface area (Å²) >= 11 is 0. The first-order valence-corrected chi connectivity index (χ1v) is 10.0. The first-order valence-electron chi connectivity index (χ1n) is 10.0. The number of hydrogen-bond acceptors (Lipinski definition) is 4. The molecular weight excluding hydrogens is 370 g/mol. The Morgan fingerprint density at radius 1 is 1.00 bits per heavy atom. The molecule has 7 nitrogen and oxygen atoms in total. The van der Waals surface area contributed by atoms with E-state index in [1.807, 2.05) is 17.0 Å². The number of amides is 3. The summed E-state index contributed by atoms with van der Waals surface area (Å²) in [4.78, 5) is 38.7. The van der Waals surface area contributed by atoms with Crippen LogP contribution in [0.5, 0.6) is 0 Å². The zero-order valence-electron chi connectivity index (χ0n) is 16.6. The van der Waals surface area contributed by atoms with Crippen molar-refractivity contribution in [2.75, 3.05) is 13.1 Å². The zero-order chi connectivity index (χ0) is 20.6. The molecule has 1 aliphatic heterocycles. The molecule has 1 saturated heterocycles. The predicted molar refractivity (Wildman–Crippen MR) is 108 cm³/mol. The Labute approximate surface area is 170 Å². The summed E-state index contributed by atoms with van der Waals surface area (Å²) in [5, 5.41) is 5.42. The molecular formula is C22H27N3O4. The third-order valence-corrected chi connectivity index (χ3v) is 5.09. The first kappa shape index (κ1) is 20.6. The highest BCUT2D eigenvalue weighted by Gasteiger charge is 2.18. The number of benzene rings is 1. The van der Waals surface area contributed by atoms with Gasteiger partial charge in [-0.2, -0.15) is 0 Å². The van der Waals surface area contributed by atoms with E-state index in [9.17, 15) is 14.4 Å². The summed E-state index contributed by atoms with van der Waals surface area (Å²) in [5.74, 6) is -0.581. The molecule has 154 valence electrons. The van der Waals surface area contributed by atoms with Gasteiger partial charge in [0.25, 0.3) is 11.8 Å². The van der Waals surface area contributed by atoms with Gasteiger partial charge in [-0.15, -0.1) is 0 Å². The zero-order valence-corrected chi connectivity index (χ0v) is 16.6. The van der Waals surface area contributed by atoms with E-state index in [4.69, 9.17) is 4.42 Å². The van der Waals surface area contributed by atoms with E-state index < -0.39 is 6.04 Å². The smallest absolute Gasteiger partial charge is 0.255 e. The minimum Gasteiger partial charge on any atom is -0.472 e. The van der Waals surface area contributed by atoms with Crippen molar-refractivity contribution in [3.63, 3.8) is 0 Å². The van der Waals surface area contributed by atoms with Crippen LogP contribution < -0.4 is 10.6 Å². The van der Waals surface area contributed by atoms with Crippen molar-refractivity contribution >= 4 is 17.7 Å². The van der Waals surface area contributed by atoms with E-state index in [1.165, 1.54) is 31.4 Å². The third-order valence-electron chi connectivity index (χ3n) is 5.09. The standard InChI is InChI=1S/C22H27N3O4/c1-16(24-21(27)19-10-13-29-15-19)20(26)23-14-17-6-8-18(9-7-17)22(28)25-11-4-2-3-5-12-25/h6-10,13,15-16H,2-5,11-12,14H2,1H3,(H,23,26)(H,24,27)/t16-/m0/s1. The lowest BCUT2D eigenvalue weighted by atomic mass is 10.1. The molecule has 2 aromatic rings. The molecule has 0 radical (unpaired) electrons. The summed E-state index contributed by atoms with van der Waals surface area (Å²) in [5.41, 5.74) is 1.93. The van der Waals surface area contributed by atoms with Crippen LogP contribution >= 0.6 is 0 Å². The normalized spacial score (nSPS) is 15.3. The van der Waals surface area contributed by atoms with Gasteiger partial charge in [0.05, 0.1) is 11.8 Å². The fraction of sp³-hybridized carbons (Fsp3) is 0.409. The number of carbonyl (C=O) groups excluding carboxylic acids is 3. The summed E-state index contributed by atoms with van der Waals surface area (Å²) < 4.78 is 4.87. The van der Waals surface area contributed by atoms with Crippen LogP contribution in [0.1, 0.15) is 58.9 Å². The maximum absolute atomic E-state index is 12.6. The number of hydrogen-bond donors (Lipinski definition) is 2. The van der Waals surface area contributed by atoms with Crippen LogP contribution in [0, 0.1) is 0 Å². The molecule has 29 heavy (non-hydrogen) atoms. The Morgan fingerprint density at radius 2 is 1.69 bits per heavy atom. The first-order chi connectivity index (χ1) is 14.0. The monoisotopic (exact) mass is 397 g/mol. The van der Waals surface area contributed by atoms with E-state index in [2.05, 4.69) is 10.6 Å². The highest BCUT2D eigenvalue weighted by atomic mass is 16.3. The molecule has 1 aromatic heterocycles. The van der Waals surface area contributed by atoms with Crippen molar-refractivity contribution < 1.29 is 18.8 Å². The molecule has 0 saturated carbocycles. The maximum Gasteiger partial charge on any atom is 0.255 e. The molecule has 1 aliphatic rings. The number of carbonyl (C=O) groups is 3. The number of nitrogens with zero attached hydrogens (tertiary/aromatic N) is 1. The second kappa shape index (κ2) is 9.91. The van der Waals surface area contributed by atoms with E-state index in [0.29, 0.717) is 17.7 Å². The highest BCUT2D eigenvalue weighted by Crippen LogP contribution is 2.14. The van der Waals surface area contributed by atoms with Gasteiger partial charge in [-0.1, -0.05) is 25.0 Å². The van der Waals surface area contributed by atoms with Crippen LogP contribution in [0.4, 0.5) is 0 Å². The van der Waals surface area contributed by atoms with Crippen molar-refractivity contribution in [1.82, 2.24) is 15.5 Å². The van der Waals surface area contributed by atoms with Gasteiger partial charge in [0.15, 0.2) is 0 Å². The Morgan fingerprint density at radius 3 is 2.31 bits per heavy atom. The van der Waals surface area contributed by atoms with Gasteiger partial charge in [-0.05, 0) is 43.5 Å². The molecule has 0 unspecified atom stereocenters. The molecule has 3 rings (SSSR count). The fourth-order valence-corrected chi connectivity index (χ4v) is 3.30. The summed E-state index contributed by atoms with van der Waals surface area (Å²) in [7, 11) is 0. The predicted octanol–water partition coefficient (Wildman–Crippen LogP) is 2.73. The van der Waals surface area contributed by atoms with Gasteiger partial charge in [0.1, 0.15) is 12.3 Å². The van der Waals surface area contributed by atoms with Crippen LogP contribution in [0.15, 0.2) is 47.3 Å². The topological polar surface area (TPSA) is 91.6 Å². The SMILES string of the molecule is C[C@H](NC(=O)c1ccoc1)C(=O)NCc1ccc(C(=O)N2CCCCCC2)cc1. The van der Waals surface area contributed by atoms with Gasteiger partial charge in [0, 0.05) is 25.2 Å². The lowest BCUT2D eigenvalue weighted by molar-refractivity contribution is -0.122. The maximum atomic E-state index is 12.6. The Kier molecular flexibility index (Phi) is 7.05.